The maximum Gasteiger partial charge on any atom is 0.292 e. The maximum absolute atomic E-state index is 12.3. The highest BCUT2D eigenvalue weighted by Gasteiger charge is 2.19. The summed E-state index contributed by atoms with van der Waals surface area (Å²) in [6.07, 6.45) is 4.78. The van der Waals surface area contributed by atoms with Gasteiger partial charge in [0.25, 0.3) is 11.7 Å². The lowest BCUT2D eigenvalue weighted by Gasteiger charge is -2.04. The smallest absolute Gasteiger partial charge is 0.292 e. The van der Waals surface area contributed by atoms with E-state index < -0.39 is 11.7 Å². The average molecular weight is 314 g/mol. The predicted octanol–water partition coefficient (Wildman–Crippen LogP) is 2.72. The molecule has 0 spiro atoms. The number of carbonyl (C=O) groups excluding carboxylic acids is 2. The van der Waals surface area contributed by atoms with Crippen molar-refractivity contribution in [2.24, 2.45) is 0 Å². The minimum absolute atomic E-state index is 0.274. The fourth-order valence-corrected chi connectivity index (χ4v) is 2.34. The van der Waals surface area contributed by atoms with Crippen LogP contribution in [0.2, 0.25) is 5.02 Å². The van der Waals surface area contributed by atoms with Gasteiger partial charge in [-0.15, -0.1) is 0 Å². The first kappa shape index (κ1) is 14.3. The van der Waals surface area contributed by atoms with Crippen molar-refractivity contribution >= 4 is 34.2 Å². The first-order valence-electron chi connectivity index (χ1n) is 6.63. The normalized spacial score (nSPS) is 10.6. The lowest BCUT2D eigenvalue weighted by molar-refractivity contribution is -0.117. The second-order valence-corrected chi connectivity index (χ2v) is 5.20. The van der Waals surface area contributed by atoms with Gasteiger partial charge in [0.1, 0.15) is 0 Å². The van der Waals surface area contributed by atoms with Gasteiger partial charge in [-0.2, -0.15) is 0 Å². The van der Waals surface area contributed by atoms with E-state index in [0.717, 1.165) is 11.1 Å². The zero-order valence-electron chi connectivity index (χ0n) is 11.5. The molecule has 5 nitrogen and oxygen atoms in total. The summed E-state index contributed by atoms with van der Waals surface area (Å²) in [7, 11) is 0. The number of aromatic amines is 1. The van der Waals surface area contributed by atoms with Gasteiger partial charge in [-0.25, -0.2) is 0 Å². The fraction of sp³-hybridized carbons (Fsp3) is 0.0625. The van der Waals surface area contributed by atoms with Gasteiger partial charge in [0, 0.05) is 41.1 Å². The van der Waals surface area contributed by atoms with Crippen LogP contribution in [-0.2, 0) is 11.3 Å². The summed E-state index contributed by atoms with van der Waals surface area (Å²) in [5, 5.41) is 3.75. The molecule has 2 heterocycles. The quantitative estimate of drug-likeness (QED) is 0.574. The van der Waals surface area contributed by atoms with Crippen LogP contribution in [0.5, 0.6) is 0 Å². The Morgan fingerprint density at radius 3 is 2.73 bits per heavy atom. The number of hydrogen-bond donors (Lipinski definition) is 2. The third kappa shape index (κ3) is 2.84. The van der Waals surface area contributed by atoms with Crippen LogP contribution in [0, 0.1) is 0 Å². The fourth-order valence-electron chi connectivity index (χ4n) is 2.17. The van der Waals surface area contributed by atoms with Crippen molar-refractivity contribution in [1.82, 2.24) is 15.3 Å². The van der Waals surface area contributed by atoms with Gasteiger partial charge in [0.05, 0.1) is 5.56 Å². The Labute approximate surface area is 131 Å². The number of Topliss-reactive ketones (excluding diaryl/α,β-unsaturated/α-hetero) is 1. The van der Waals surface area contributed by atoms with E-state index in [0.29, 0.717) is 16.0 Å². The molecule has 2 N–H and O–H groups in total. The van der Waals surface area contributed by atoms with Crippen LogP contribution in [0.1, 0.15) is 15.9 Å². The summed E-state index contributed by atoms with van der Waals surface area (Å²) >= 11 is 5.94. The standard InChI is InChI=1S/C16H12ClN3O2/c17-11-1-2-14-12(7-11)13(9-19-14)15(21)16(22)20-8-10-3-5-18-6-4-10/h1-7,9,19H,8H2,(H,20,22). The molecule has 22 heavy (non-hydrogen) atoms. The number of nitrogens with one attached hydrogen (secondary N) is 2. The number of amides is 1. The predicted molar refractivity (Wildman–Crippen MR) is 83.7 cm³/mol. The number of rotatable bonds is 4. The molecule has 0 fully saturated rings. The van der Waals surface area contributed by atoms with Crippen LogP contribution in [-0.4, -0.2) is 21.7 Å². The molecule has 0 aliphatic carbocycles. The second-order valence-electron chi connectivity index (χ2n) is 4.76. The van der Waals surface area contributed by atoms with Crippen molar-refractivity contribution < 1.29 is 9.59 Å². The molecule has 0 radical (unpaired) electrons. The molecule has 1 aromatic carbocycles. The van der Waals surface area contributed by atoms with E-state index in [-0.39, 0.29) is 6.54 Å². The first-order chi connectivity index (χ1) is 10.6. The summed E-state index contributed by atoms with van der Waals surface area (Å²) in [6.45, 7) is 0.274. The van der Waals surface area contributed by atoms with Crippen molar-refractivity contribution in [2.75, 3.05) is 0 Å². The highest BCUT2D eigenvalue weighted by atomic mass is 35.5. The van der Waals surface area contributed by atoms with Gasteiger partial charge < -0.3 is 10.3 Å². The van der Waals surface area contributed by atoms with E-state index in [4.69, 9.17) is 11.6 Å². The van der Waals surface area contributed by atoms with E-state index in [9.17, 15) is 9.59 Å². The number of benzene rings is 1. The SMILES string of the molecule is O=C(NCc1ccncc1)C(=O)c1c[nH]c2ccc(Cl)cc12. The minimum Gasteiger partial charge on any atom is -0.360 e. The first-order valence-corrected chi connectivity index (χ1v) is 7.01. The van der Waals surface area contributed by atoms with Crippen LogP contribution in [0.4, 0.5) is 0 Å². The van der Waals surface area contributed by atoms with Crippen LogP contribution in [0.3, 0.4) is 0 Å². The Kier molecular flexibility index (Phi) is 3.89. The molecule has 3 rings (SSSR count). The van der Waals surface area contributed by atoms with E-state index >= 15 is 0 Å². The van der Waals surface area contributed by atoms with Crippen molar-refractivity contribution in [2.45, 2.75) is 6.54 Å². The number of halogens is 1. The van der Waals surface area contributed by atoms with Crippen molar-refractivity contribution in [3.05, 3.63) is 65.1 Å². The zero-order chi connectivity index (χ0) is 15.5. The molecule has 0 saturated carbocycles. The molecule has 6 heteroatoms. The molecular weight excluding hydrogens is 302 g/mol. The van der Waals surface area contributed by atoms with E-state index in [1.54, 1.807) is 42.7 Å². The number of aromatic nitrogens is 2. The summed E-state index contributed by atoms with van der Waals surface area (Å²) in [5.41, 5.74) is 1.94. The zero-order valence-corrected chi connectivity index (χ0v) is 12.2. The summed E-state index contributed by atoms with van der Waals surface area (Å²) in [4.78, 5) is 31.1. The molecular formula is C16H12ClN3O2. The Morgan fingerprint density at radius 1 is 1.18 bits per heavy atom. The van der Waals surface area contributed by atoms with Gasteiger partial charge >= 0.3 is 0 Å². The van der Waals surface area contributed by atoms with Crippen LogP contribution >= 0.6 is 11.6 Å². The minimum atomic E-state index is -0.655. The van der Waals surface area contributed by atoms with Gasteiger partial charge in [-0.3, -0.25) is 14.6 Å². The highest BCUT2D eigenvalue weighted by Crippen LogP contribution is 2.22. The maximum atomic E-state index is 12.3. The van der Waals surface area contributed by atoms with Gasteiger partial charge in [-0.05, 0) is 35.9 Å². The van der Waals surface area contributed by atoms with Gasteiger partial charge in [0.2, 0.25) is 0 Å². The molecule has 0 aliphatic heterocycles. The molecule has 0 atom stereocenters. The van der Waals surface area contributed by atoms with Crippen molar-refractivity contribution in [3.8, 4) is 0 Å². The van der Waals surface area contributed by atoms with Crippen molar-refractivity contribution in [1.29, 1.82) is 0 Å². The largest absolute Gasteiger partial charge is 0.360 e. The topological polar surface area (TPSA) is 74.8 Å². The number of pyridine rings is 1. The monoisotopic (exact) mass is 313 g/mol. The van der Waals surface area contributed by atoms with E-state index in [1.165, 1.54) is 6.20 Å². The van der Waals surface area contributed by atoms with Crippen LogP contribution in [0.25, 0.3) is 10.9 Å². The molecule has 0 unspecified atom stereocenters. The number of ketones is 1. The van der Waals surface area contributed by atoms with Gasteiger partial charge in [-0.1, -0.05) is 11.6 Å². The Morgan fingerprint density at radius 2 is 1.95 bits per heavy atom. The Balaban J connectivity index is 1.77. The molecule has 0 aliphatic rings. The summed E-state index contributed by atoms with van der Waals surface area (Å²) < 4.78 is 0. The number of carbonyl (C=O) groups is 2. The van der Waals surface area contributed by atoms with E-state index in [1.807, 2.05) is 0 Å². The summed E-state index contributed by atoms with van der Waals surface area (Å²) in [6, 6.07) is 8.70. The number of hydrogen-bond acceptors (Lipinski definition) is 3. The number of H-pyrrole nitrogens is 1. The van der Waals surface area contributed by atoms with Crippen molar-refractivity contribution in [3.63, 3.8) is 0 Å². The van der Waals surface area contributed by atoms with Crippen LogP contribution in [0.15, 0.2) is 48.9 Å². The lowest BCUT2D eigenvalue weighted by Crippen LogP contribution is -2.30. The Hall–Kier alpha value is -2.66. The number of fused-ring (bicyclic) bond motifs is 1. The third-order valence-electron chi connectivity index (χ3n) is 3.30. The number of nitrogens with zero attached hydrogens (tertiary/aromatic N) is 1. The summed E-state index contributed by atoms with van der Waals surface area (Å²) in [5.74, 6) is -1.25. The molecule has 1 amide bonds. The molecule has 0 bridgehead atoms. The Bertz CT molecular complexity index is 843. The second kappa shape index (κ2) is 5.99. The molecule has 110 valence electrons. The van der Waals surface area contributed by atoms with E-state index in [2.05, 4.69) is 15.3 Å². The third-order valence-corrected chi connectivity index (χ3v) is 3.53. The molecule has 2 aromatic heterocycles. The average Bonchev–Trinajstić information content (AvgIpc) is 2.95. The lowest BCUT2D eigenvalue weighted by atomic mass is 10.1. The molecule has 3 aromatic rings. The van der Waals surface area contributed by atoms with Crippen LogP contribution < -0.4 is 5.32 Å². The molecule has 0 saturated heterocycles. The highest BCUT2D eigenvalue weighted by molar-refractivity contribution is 6.45. The van der Waals surface area contributed by atoms with Gasteiger partial charge in [0.15, 0.2) is 0 Å².